The molecule has 1 aromatic rings. The van der Waals surface area contributed by atoms with Crippen LogP contribution in [0.2, 0.25) is 0 Å². The van der Waals surface area contributed by atoms with Crippen LogP contribution >= 0.6 is 0 Å². The number of halogens is 1. The van der Waals surface area contributed by atoms with Gasteiger partial charge in [0, 0.05) is 13.2 Å². The number of nitrogens with one attached hydrogen (secondary N) is 1. The molecule has 0 spiro atoms. The average Bonchev–Trinajstić information content (AvgIpc) is 2.33. The van der Waals surface area contributed by atoms with Gasteiger partial charge in [0.05, 0.1) is 5.60 Å². The van der Waals surface area contributed by atoms with Crippen LogP contribution in [-0.4, -0.2) is 19.3 Å². The Balaban J connectivity index is 2.95. The number of methoxy groups -OCH3 is 1. The van der Waals surface area contributed by atoms with Gasteiger partial charge in [0.2, 0.25) is 0 Å². The van der Waals surface area contributed by atoms with E-state index in [4.69, 9.17) is 4.74 Å². The zero-order chi connectivity index (χ0) is 14.5. The van der Waals surface area contributed by atoms with Gasteiger partial charge in [0.1, 0.15) is 5.82 Å². The van der Waals surface area contributed by atoms with E-state index in [0.717, 1.165) is 30.5 Å². The summed E-state index contributed by atoms with van der Waals surface area (Å²) in [4.78, 5) is 0. The first-order valence-electron chi connectivity index (χ1n) is 6.93. The zero-order valence-corrected chi connectivity index (χ0v) is 12.7. The van der Waals surface area contributed by atoms with Crippen LogP contribution in [-0.2, 0) is 4.74 Å². The van der Waals surface area contributed by atoms with Crippen LogP contribution in [0, 0.1) is 12.7 Å². The highest BCUT2D eigenvalue weighted by atomic mass is 19.1. The van der Waals surface area contributed by atoms with Gasteiger partial charge in [-0.1, -0.05) is 13.0 Å². The molecule has 0 saturated carbocycles. The molecule has 0 heterocycles. The molecule has 19 heavy (non-hydrogen) atoms. The summed E-state index contributed by atoms with van der Waals surface area (Å²) in [6.07, 6.45) is 1.87. The molecular weight excluding hydrogens is 241 g/mol. The summed E-state index contributed by atoms with van der Waals surface area (Å²) in [6.45, 7) is 9.08. The predicted octanol–water partition coefficient (Wildman–Crippen LogP) is 3.99. The van der Waals surface area contributed by atoms with Crippen molar-refractivity contribution in [3.05, 3.63) is 35.1 Å². The molecule has 1 rings (SSSR count). The molecule has 0 amide bonds. The molecule has 0 aromatic heterocycles. The molecule has 0 aliphatic rings. The maximum absolute atomic E-state index is 13.6. The van der Waals surface area contributed by atoms with Gasteiger partial charge in [-0.15, -0.1) is 0 Å². The molecule has 1 aromatic carbocycles. The van der Waals surface area contributed by atoms with E-state index in [1.807, 2.05) is 13.0 Å². The van der Waals surface area contributed by atoms with Crippen molar-refractivity contribution >= 4 is 0 Å². The topological polar surface area (TPSA) is 21.3 Å². The van der Waals surface area contributed by atoms with Crippen LogP contribution < -0.4 is 5.32 Å². The number of hydrogen-bond donors (Lipinski definition) is 1. The highest BCUT2D eigenvalue weighted by Crippen LogP contribution is 2.27. The largest absolute Gasteiger partial charge is 0.379 e. The highest BCUT2D eigenvalue weighted by molar-refractivity contribution is 5.26. The van der Waals surface area contributed by atoms with E-state index in [1.165, 1.54) is 0 Å². The van der Waals surface area contributed by atoms with Gasteiger partial charge in [-0.05, 0) is 63.4 Å². The van der Waals surface area contributed by atoms with E-state index in [-0.39, 0.29) is 17.5 Å². The SMILES string of the molecule is CCCNC(CC(C)(C)OC)c1cc(C)cc(F)c1. The maximum atomic E-state index is 13.6. The Hall–Kier alpha value is -0.930. The molecule has 0 fully saturated rings. The number of ether oxygens (including phenoxy) is 1. The summed E-state index contributed by atoms with van der Waals surface area (Å²) in [6, 6.07) is 5.33. The Kier molecular flexibility index (Phi) is 5.95. The van der Waals surface area contributed by atoms with Gasteiger partial charge >= 0.3 is 0 Å². The Morgan fingerprint density at radius 1 is 1.32 bits per heavy atom. The fourth-order valence-electron chi connectivity index (χ4n) is 2.17. The third-order valence-corrected chi connectivity index (χ3v) is 3.36. The molecule has 0 saturated heterocycles. The van der Waals surface area contributed by atoms with E-state index < -0.39 is 0 Å². The number of aryl methyl sites for hydroxylation is 1. The molecule has 1 atom stereocenters. The molecule has 2 nitrogen and oxygen atoms in total. The summed E-state index contributed by atoms with van der Waals surface area (Å²) in [5.74, 6) is -0.173. The highest BCUT2D eigenvalue weighted by Gasteiger charge is 2.24. The second kappa shape index (κ2) is 7.01. The van der Waals surface area contributed by atoms with E-state index in [2.05, 4.69) is 26.1 Å². The van der Waals surface area contributed by atoms with Crippen LogP contribution in [0.3, 0.4) is 0 Å². The van der Waals surface area contributed by atoms with Gasteiger partial charge in [-0.25, -0.2) is 4.39 Å². The fraction of sp³-hybridized carbons (Fsp3) is 0.625. The first-order chi connectivity index (χ1) is 8.88. The second-order valence-corrected chi connectivity index (χ2v) is 5.74. The molecule has 108 valence electrons. The minimum absolute atomic E-state index is 0.115. The van der Waals surface area contributed by atoms with Crippen molar-refractivity contribution in [2.75, 3.05) is 13.7 Å². The first-order valence-corrected chi connectivity index (χ1v) is 6.93. The Morgan fingerprint density at radius 2 is 2.00 bits per heavy atom. The smallest absolute Gasteiger partial charge is 0.123 e. The van der Waals surface area contributed by atoms with E-state index in [1.54, 1.807) is 19.2 Å². The second-order valence-electron chi connectivity index (χ2n) is 5.74. The van der Waals surface area contributed by atoms with E-state index in [9.17, 15) is 4.39 Å². The Bertz CT molecular complexity index is 383. The van der Waals surface area contributed by atoms with Crippen molar-refractivity contribution in [3.8, 4) is 0 Å². The lowest BCUT2D eigenvalue weighted by Crippen LogP contribution is -2.32. The average molecular weight is 267 g/mol. The number of hydrogen-bond acceptors (Lipinski definition) is 2. The summed E-state index contributed by atoms with van der Waals surface area (Å²) in [5, 5.41) is 3.48. The lowest BCUT2D eigenvalue weighted by atomic mass is 9.92. The van der Waals surface area contributed by atoms with Crippen molar-refractivity contribution < 1.29 is 9.13 Å². The molecule has 0 aliphatic carbocycles. The van der Waals surface area contributed by atoms with Crippen LogP contribution in [0.5, 0.6) is 0 Å². The van der Waals surface area contributed by atoms with Gasteiger partial charge in [-0.3, -0.25) is 0 Å². The minimum Gasteiger partial charge on any atom is -0.379 e. The number of benzene rings is 1. The summed E-state index contributed by atoms with van der Waals surface area (Å²) in [5.41, 5.74) is 1.72. The fourth-order valence-corrected chi connectivity index (χ4v) is 2.17. The first kappa shape index (κ1) is 16.1. The molecule has 3 heteroatoms. The quantitative estimate of drug-likeness (QED) is 0.806. The molecule has 0 aliphatic heterocycles. The Morgan fingerprint density at radius 3 is 2.53 bits per heavy atom. The Labute approximate surface area is 116 Å². The van der Waals surface area contributed by atoms with Crippen molar-refractivity contribution in [2.45, 2.75) is 52.2 Å². The van der Waals surface area contributed by atoms with Crippen LogP contribution in [0.25, 0.3) is 0 Å². The van der Waals surface area contributed by atoms with Crippen molar-refractivity contribution in [1.29, 1.82) is 0 Å². The zero-order valence-electron chi connectivity index (χ0n) is 12.7. The van der Waals surface area contributed by atoms with Crippen molar-refractivity contribution in [3.63, 3.8) is 0 Å². The summed E-state index contributed by atoms with van der Waals surface area (Å²) in [7, 11) is 1.72. The standard InChI is InChI=1S/C16H26FNO/c1-6-7-18-15(11-16(3,4)19-5)13-8-12(2)9-14(17)10-13/h8-10,15,18H,6-7,11H2,1-5H3. The van der Waals surface area contributed by atoms with Gasteiger partial charge in [0.25, 0.3) is 0 Å². The lowest BCUT2D eigenvalue weighted by Gasteiger charge is -2.29. The summed E-state index contributed by atoms with van der Waals surface area (Å²) >= 11 is 0. The van der Waals surface area contributed by atoms with Gasteiger partial charge < -0.3 is 10.1 Å². The number of rotatable bonds is 7. The van der Waals surface area contributed by atoms with Crippen LogP contribution in [0.15, 0.2) is 18.2 Å². The lowest BCUT2D eigenvalue weighted by molar-refractivity contribution is 0.00682. The molecular formula is C16H26FNO. The molecule has 1 unspecified atom stereocenters. The molecule has 1 N–H and O–H groups in total. The minimum atomic E-state index is -0.231. The van der Waals surface area contributed by atoms with Crippen LogP contribution in [0.4, 0.5) is 4.39 Å². The molecule has 0 radical (unpaired) electrons. The third kappa shape index (κ3) is 5.29. The van der Waals surface area contributed by atoms with E-state index >= 15 is 0 Å². The van der Waals surface area contributed by atoms with Gasteiger partial charge in [0.15, 0.2) is 0 Å². The van der Waals surface area contributed by atoms with Crippen molar-refractivity contribution in [2.24, 2.45) is 0 Å². The monoisotopic (exact) mass is 267 g/mol. The van der Waals surface area contributed by atoms with Gasteiger partial charge in [-0.2, -0.15) is 0 Å². The predicted molar refractivity (Wildman–Crippen MR) is 77.9 cm³/mol. The molecule has 0 bridgehead atoms. The summed E-state index contributed by atoms with van der Waals surface area (Å²) < 4.78 is 19.1. The normalized spacial score (nSPS) is 13.6. The van der Waals surface area contributed by atoms with Crippen LogP contribution in [0.1, 0.15) is 50.8 Å². The van der Waals surface area contributed by atoms with E-state index in [0.29, 0.717) is 0 Å². The third-order valence-electron chi connectivity index (χ3n) is 3.36. The maximum Gasteiger partial charge on any atom is 0.123 e. The van der Waals surface area contributed by atoms with Crippen molar-refractivity contribution in [1.82, 2.24) is 5.32 Å².